The van der Waals surface area contributed by atoms with E-state index in [2.05, 4.69) is 5.32 Å². The van der Waals surface area contributed by atoms with Crippen molar-refractivity contribution in [1.29, 1.82) is 0 Å². The zero-order valence-electron chi connectivity index (χ0n) is 22.1. The van der Waals surface area contributed by atoms with Crippen molar-refractivity contribution in [2.75, 3.05) is 13.1 Å². The Labute approximate surface area is 244 Å². The fraction of sp³-hybridized carbons (Fsp3) is 0.407. The molecule has 2 aromatic rings. The van der Waals surface area contributed by atoms with Gasteiger partial charge < -0.3 is 10.2 Å². The third kappa shape index (κ3) is 6.07. The number of benzene rings is 2. The van der Waals surface area contributed by atoms with E-state index in [0.717, 1.165) is 9.87 Å². The molecule has 0 aliphatic carbocycles. The van der Waals surface area contributed by atoms with E-state index in [4.69, 9.17) is 34.8 Å². The summed E-state index contributed by atoms with van der Waals surface area (Å²) in [5.41, 5.74) is 0.780. The number of halogens is 3. The fourth-order valence-corrected chi connectivity index (χ4v) is 6.97. The second-order valence-electron chi connectivity index (χ2n) is 10.3. The van der Waals surface area contributed by atoms with Gasteiger partial charge in [0.25, 0.3) is 10.0 Å². The molecular formula is C27H31Cl3N4O4S. The molecule has 2 amide bonds. The maximum Gasteiger partial charge on any atom is 0.267 e. The molecule has 8 nitrogen and oxygen atoms in total. The van der Waals surface area contributed by atoms with Crippen LogP contribution in [0.15, 0.2) is 59.4 Å². The molecule has 0 aromatic heterocycles. The molecule has 2 heterocycles. The lowest BCUT2D eigenvalue weighted by molar-refractivity contribution is -0.150. The standard InChI is InChI=1S/C27H31Cl3N4O4S/c1-16(2)13-31-22-14-33(39(37,38)24-10-9-20(29)12-21(24)30)25-15-32(17(3)4)27(36)23(34(25)26(22)35)11-18-5-7-19(28)8-6-18/h5-10,12,15-17,22-23,31H,11,13-14H2,1-4H3. The van der Waals surface area contributed by atoms with Crippen LogP contribution in [0.4, 0.5) is 0 Å². The van der Waals surface area contributed by atoms with Crippen LogP contribution in [-0.2, 0) is 26.0 Å². The summed E-state index contributed by atoms with van der Waals surface area (Å²) in [5, 5.41) is 4.00. The van der Waals surface area contributed by atoms with E-state index in [0.29, 0.717) is 16.6 Å². The summed E-state index contributed by atoms with van der Waals surface area (Å²) in [6.45, 7) is 7.95. The van der Waals surface area contributed by atoms with E-state index < -0.39 is 22.1 Å². The minimum atomic E-state index is -4.26. The highest BCUT2D eigenvalue weighted by Gasteiger charge is 2.50. The molecule has 2 aliphatic rings. The van der Waals surface area contributed by atoms with Crippen molar-refractivity contribution in [1.82, 2.24) is 19.4 Å². The van der Waals surface area contributed by atoms with Crippen molar-refractivity contribution < 1.29 is 18.0 Å². The first-order valence-corrected chi connectivity index (χ1v) is 15.2. The van der Waals surface area contributed by atoms with Crippen LogP contribution < -0.4 is 5.32 Å². The largest absolute Gasteiger partial charge is 0.311 e. The first kappa shape index (κ1) is 29.7. The van der Waals surface area contributed by atoms with Gasteiger partial charge in [-0.15, -0.1) is 0 Å². The molecule has 0 bridgehead atoms. The Morgan fingerprint density at radius 3 is 2.18 bits per heavy atom. The number of amides is 2. The van der Waals surface area contributed by atoms with Gasteiger partial charge in [0.15, 0.2) is 0 Å². The average Bonchev–Trinajstić information content (AvgIpc) is 2.85. The van der Waals surface area contributed by atoms with Crippen LogP contribution in [-0.4, -0.2) is 65.6 Å². The van der Waals surface area contributed by atoms with Crippen LogP contribution in [0, 0.1) is 5.92 Å². The van der Waals surface area contributed by atoms with E-state index in [1.807, 2.05) is 27.7 Å². The van der Waals surface area contributed by atoms with Gasteiger partial charge in [-0.2, -0.15) is 0 Å². The lowest BCUT2D eigenvalue weighted by atomic mass is 9.98. The summed E-state index contributed by atoms with van der Waals surface area (Å²) in [6.07, 6.45) is 1.62. The van der Waals surface area contributed by atoms with Gasteiger partial charge in [-0.3, -0.25) is 14.5 Å². The predicted octanol–water partition coefficient (Wildman–Crippen LogP) is 4.75. The van der Waals surface area contributed by atoms with Crippen molar-refractivity contribution in [3.63, 3.8) is 0 Å². The van der Waals surface area contributed by atoms with Crippen LogP contribution in [0.2, 0.25) is 15.1 Å². The first-order valence-electron chi connectivity index (χ1n) is 12.6. The Bertz CT molecular complexity index is 1400. The molecule has 1 fully saturated rings. The molecule has 12 heteroatoms. The number of fused-ring (bicyclic) bond motifs is 1. The zero-order valence-corrected chi connectivity index (χ0v) is 25.2. The Morgan fingerprint density at radius 2 is 1.59 bits per heavy atom. The molecule has 2 aliphatic heterocycles. The van der Waals surface area contributed by atoms with Gasteiger partial charge in [-0.05, 0) is 62.2 Å². The summed E-state index contributed by atoms with van der Waals surface area (Å²) in [6, 6.07) is 9.03. The van der Waals surface area contributed by atoms with Gasteiger partial charge in [0.05, 0.1) is 11.6 Å². The zero-order chi connectivity index (χ0) is 28.6. The van der Waals surface area contributed by atoms with Crippen molar-refractivity contribution >= 4 is 56.6 Å². The third-order valence-electron chi connectivity index (χ3n) is 6.63. The maximum atomic E-state index is 14.1. The summed E-state index contributed by atoms with van der Waals surface area (Å²) >= 11 is 18.4. The molecule has 1 N–H and O–H groups in total. The average molecular weight is 614 g/mol. The highest BCUT2D eigenvalue weighted by molar-refractivity contribution is 7.89. The molecule has 1 saturated heterocycles. The van der Waals surface area contributed by atoms with Crippen LogP contribution in [0.3, 0.4) is 0 Å². The van der Waals surface area contributed by atoms with E-state index in [9.17, 15) is 18.0 Å². The van der Waals surface area contributed by atoms with Gasteiger partial charge in [-0.25, -0.2) is 12.7 Å². The van der Waals surface area contributed by atoms with E-state index >= 15 is 0 Å². The minimum absolute atomic E-state index is 0.0384. The predicted molar refractivity (Wildman–Crippen MR) is 153 cm³/mol. The van der Waals surface area contributed by atoms with Crippen molar-refractivity contribution in [3.8, 4) is 0 Å². The smallest absolute Gasteiger partial charge is 0.267 e. The Balaban J connectivity index is 1.86. The highest BCUT2D eigenvalue weighted by Crippen LogP contribution is 2.36. The van der Waals surface area contributed by atoms with Crippen LogP contribution >= 0.6 is 34.8 Å². The highest BCUT2D eigenvalue weighted by atomic mass is 35.5. The van der Waals surface area contributed by atoms with Crippen molar-refractivity contribution in [2.24, 2.45) is 5.92 Å². The summed E-state index contributed by atoms with van der Waals surface area (Å²) in [4.78, 5) is 30.4. The van der Waals surface area contributed by atoms with E-state index in [-0.39, 0.29) is 52.5 Å². The summed E-state index contributed by atoms with van der Waals surface area (Å²) in [7, 11) is -4.26. The van der Waals surface area contributed by atoms with Crippen molar-refractivity contribution in [2.45, 2.75) is 57.1 Å². The Morgan fingerprint density at radius 1 is 0.949 bits per heavy atom. The van der Waals surface area contributed by atoms with Gasteiger partial charge in [0.2, 0.25) is 11.8 Å². The fourth-order valence-electron chi connectivity index (χ4n) is 4.63. The molecule has 210 valence electrons. The molecule has 0 saturated carbocycles. The number of nitrogens with zero attached hydrogens (tertiary/aromatic N) is 3. The Kier molecular flexibility index (Phi) is 8.88. The quantitative estimate of drug-likeness (QED) is 0.464. The lowest BCUT2D eigenvalue weighted by Crippen LogP contribution is -2.67. The number of nitrogens with one attached hydrogen (secondary N) is 1. The molecule has 2 atom stereocenters. The number of carbonyl (C=O) groups excluding carboxylic acids is 2. The normalized spacial score (nSPS) is 20.1. The van der Waals surface area contributed by atoms with E-state index in [1.54, 1.807) is 24.3 Å². The number of sulfonamides is 1. The minimum Gasteiger partial charge on any atom is -0.311 e. The molecule has 2 unspecified atom stereocenters. The van der Waals surface area contributed by atoms with Gasteiger partial charge in [-0.1, -0.05) is 60.8 Å². The summed E-state index contributed by atoms with van der Waals surface area (Å²) in [5.74, 6) is -0.370. The summed E-state index contributed by atoms with van der Waals surface area (Å²) < 4.78 is 29.4. The van der Waals surface area contributed by atoms with Gasteiger partial charge >= 0.3 is 0 Å². The van der Waals surface area contributed by atoms with Gasteiger partial charge in [0, 0.05) is 28.7 Å². The Hall–Kier alpha value is -2.30. The molecule has 2 aromatic carbocycles. The molecular weight excluding hydrogens is 583 g/mol. The van der Waals surface area contributed by atoms with E-state index in [1.165, 1.54) is 34.2 Å². The maximum absolute atomic E-state index is 14.1. The monoisotopic (exact) mass is 612 g/mol. The SMILES string of the molecule is CC(C)CNC1CN(S(=O)(=O)c2ccc(Cl)cc2Cl)C2=CN(C(C)C)C(=O)C(Cc3ccc(Cl)cc3)N2C1=O. The van der Waals surface area contributed by atoms with Crippen molar-refractivity contribution in [3.05, 3.63) is 75.1 Å². The van der Waals surface area contributed by atoms with Crippen LogP contribution in [0.25, 0.3) is 0 Å². The molecule has 0 spiro atoms. The van der Waals surface area contributed by atoms with Gasteiger partial charge in [0.1, 0.15) is 22.8 Å². The third-order valence-corrected chi connectivity index (χ3v) is 9.37. The lowest BCUT2D eigenvalue weighted by Gasteiger charge is -2.49. The molecule has 0 radical (unpaired) electrons. The topological polar surface area (TPSA) is 90.0 Å². The van der Waals surface area contributed by atoms with Crippen LogP contribution in [0.5, 0.6) is 0 Å². The number of hydrogen-bond donors (Lipinski definition) is 1. The molecule has 4 rings (SSSR count). The van der Waals surface area contributed by atoms with Crippen LogP contribution in [0.1, 0.15) is 33.3 Å². The number of rotatable bonds is 8. The second-order valence-corrected chi connectivity index (χ2v) is 13.5. The number of hydrogen-bond acceptors (Lipinski definition) is 5. The first-order chi connectivity index (χ1) is 18.3. The second kappa shape index (κ2) is 11.7. The number of carbonyl (C=O) groups is 2. The molecule has 39 heavy (non-hydrogen) atoms.